The second-order valence-corrected chi connectivity index (χ2v) is 2.88. The van der Waals surface area contributed by atoms with Gasteiger partial charge in [-0.15, -0.1) is 0 Å². The van der Waals surface area contributed by atoms with Crippen LogP contribution in [0.15, 0.2) is 0 Å². The zero-order valence-electron chi connectivity index (χ0n) is 8.62. The van der Waals surface area contributed by atoms with E-state index in [2.05, 4.69) is 10.1 Å². The van der Waals surface area contributed by atoms with Gasteiger partial charge in [0.25, 0.3) is 0 Å². The maximum absolute atomic E-state index is 11.3. The first-order valence-electron chi connectivity index (χ1n) is 4.34. The normalized spacial score (nSPS) is 11.6. The summed E-state index contributed by atoms with van der Waals surface area (Å²) >= 11 is 0. The van der Waals surface area contributed by atoms with Crippen LogP contribution in [0.25, 0.3) is 0 Å². The van der Waals surface area contributed by atoms with Gasteiger partial charge in [0.2, 0.25) is 5.91 Å². The summed E-state index contributed by atoms with van der Waals surface area (Å²) < 4.78 is 4.38. The molecule has 0 bridgehead atoms. The van der Waals surface area contributed by atoms with Crippen molar-refractivity contribution in [3.63, 3.8) is 0 Å². The Kier molecular flexibility index (Phi) is 5.52. The third kappa shape index (κ3) is 4.02. The first-order valence-corrected chi connectivity index (χ1v) is 4.34. The molecule has 0 saturated heterocycles. The molecule has 0 aromatic rings. The van der Waals surface area contributed by atoms with Gasteiger partial charge in [-0.25, -0.2) is 0 Å². The number of Topliss-reactive ketones (excluding diaryl/α,β-unsaturated/α-hetero) is 1. The fourth-order valence-corrected chi connectivity index (χ4v) is 0.907. The van der Waals surface area contributed by atoms with Crippen LogP contribution in [0.3, 0.4) is 0 Å². The Balaban J connectivity index is 3.96. The van der Waals surface area contributed by atoms with E-state index in [0.717, 1.165) is 0 Å². The molecular formula is C9H15NO4. The lowest BCUT2D eigenvalue weighted by atomic mass is 10.0. The Labute approximate surface area is 82.8 Å². The molecule has 1 atom stereocenters. The van der Waals surface area contributed by atoms with Crippen molar-refractivity contribution in [2.24, 2.45) is 5.92 Å². The van der Waals surface area contributed by atoms with Gasteiger partial charge >= 0.3 is 5.97 Å². The molecule has 0 heterocycles. The van der Waals surface area contributed by atoms with Gasteiger partial charge in [0, 0.05) is 13.5 Å². The maximum atomic E-state index is 11.3. The Morgan fingerprint density at radius 2 is 1.86 bits per heavy atom. The Bertz CT molecular complexity index is 237. The molecule has 80 valence electrons. The Morgan fingerprint density at radius 1 is 1.29 bits per heavy atom. The van der Waals surface area contributed by atoms with Gasteiger partial charge in [0.05, 0.1) is 19.4 Å². The lowest BCUT2D eigenvalue weighted by Gasteiger charge is -2.07. The minimum Gasteiger partial charge on any atom is -0.469 e. The summed E-state index contributed by atoms with van der Waals surface area (Å²) in [5.74, 6) is -1.73. The molecule has 0 radical (unpaired) electrons. The second-order valence-electron chi connectivity index (χ2n) is 2.88. The molecule has 5 heteroatoms. The molecule has 1 amide bonds. The molecule has 0 aliphatic heterocycles. The number of ether oxygens (including phenoxy) is 1. The summed E-state index contributed by atoms with van der Waals surface area (Å²) in [7, 11) is 2.72. The van der Waals surface area contributed by atoms with Gasteiger partial charge in [-0.05, 0) is 6.92 Å². The Morgan fingerprint density at radius 3 is 2.29 bits per heavy atom. The van der Waals surface area contributed by atoms with Crippen molar-refractivity contribution in [3.8, 4) is 0 Å². The van der Waals surface area contributed by atoms with Crippen molar-refractivity contribution in [3.05, 3.63) is 0 Å². The highest BCUT2D eigenvalue weighted by atomic mass is 16.5. The van der Waals surface area contributed by atoms with E-state index in [0.29, 0.717) is 0 Å². The van der Waals surface area contributed by atoms with E-state index in [1.165, 1.54) is 21.1 Å². The van der Waals surface area contributed by atoms with Crippen molar-refractivity contribution in [2.45, 2.75) is 19.8 Å². The molecule has 0 spiro atoms. The lowest BCUT2D eigenvalue weighted by molar-refractivity contribution is -0.143. The molecule has 0 aliphatic carbocycles. The van der Waals surface area contributed by atoms with Crippen LogP contribution in [0.2, 0.25) is 0 Å². The predicted octanol–water partition coefficient (Wildman–Crippen LogP) is -0.109. The van der Waals surface area contributed by atoms with Gasteiger partial charge in [-0.1, -0.05) is 0 Å². The molecule has 14 heavy (non-hydrogen) atoms. The summed E-state index contributed by atoms with van der Waals surface area (Å²) in [6.45, 7) is 1.51. The van der Waals surface area contributed by atoms with Crippen LogP contribution < -0.4 is 5.32 Å². The van der Waals surface area contributed by atoms with Gasteiger partial charge in [-0.2, -0.15) is 0 Å². The highest BCUT2D eigenvalue weighted by Crippen LogP contribution is 2.03. The molecular weight excluding hydrogens is 186 g/mol. The lowest BCUT2D eigenvalue weighted by Crippen LogP contribution is -2.31. The summed E-state index contributed by atoms with van der Waals surface area (Å²) in [5, 5.41) is 2.37. The highest BCUT2D eigenvalue weighted by molar-refractivity contribution is 6.01. The zero-order valence-corrected chi connectivity index (χ0v) is 8.62. The van der Waals surface area contributed by atoms with Gasteiger partial charge in [0.1, 0.15) is 5.78 Å². The van der Waals surface area contributed by atoms with Gasteiger partial charge in [0.15, 0.2) is 0 Å². The van der Waals surface area contributed by atoms with Crippen molar-refractivity contribution in [1.29, 1.82) is 0 Å². The number of rotatable bonds is 5. The van der Waals surface area contributed by atoms with E-state index in [1.807, 2.05) is 0 Å². The number of hydrogen-bond donors (Lipinski definition) is 1. The zero-order chi connectivity index (χ0) is 11.1. The summed E-state index contributed by atoms with van der Waals surface area (Å²) in [5.41, 5.74) is 0. The molecule has 0 fully saturated rings. The summed E-state index contributed by atoms with van der Waals surface area (Å²) in [6.07, 6.45) is 0.0674. The number of esters is 1. The van der Waals surface area contributed by atoms with Gasteiger partial charge < -0.3 is 10.1 Å². The number of carbonyl (C=O) groups excluding carboxylic acids is 3. The number of hydrogen-bond acceptors (Lipinski definition) is 4. The number of nitrogens with one attached hydrogen (secondary N) is 1. The van der Waals surface area contributed by atoms with Crippen LogP contribution in [0.4, 0.5) is 0 Å². The van der Waals surface area contributed by atoms with Crippen LogP contribution in [0.5, 0.6) is 0 Å². The van der Waals surface area contributed by atoms with Crippen molar-refractivity contribution < 1.29 is 19.1 Å². The fourth-order valence-electron chi connectivity index (χ4n) is 0.907. The highest BCUT2D eigenvalue weighted by Gasteiger charge is 2.20. The third-order valence-corrected chi connectivity index (χ3v) is 1.93. The molecule has 1 unspecified atom stereocenters. The van der Waals surface area contributed by atoms with E-state index >= 15 is 0 Å². The largest absolute Gasteiger partial charge is 0.469 e. The van der Waals surface area contributed by atoms with Crippen molar-refractivity contribution in [2.75, 3.05) is 14.2 Å². The van der Waals surface area contributed by atoms with Gasteiger partial charge in [-0.3, -0.25) is 14.4 Å². The fraction of sp³-hybridized carbons (Fsp3) is 0.667. The smallest absolute Gasteiger partial charge is 0.305 e. The van der Waals surface area contributed by atoms with Crippen LogP contribution in [0.1, 0.15) is 19.8 Å². The third-order valence-electron chi connectivity index (χ3n) is 1.93. The maximum Gasteiger partial charge on any atom is 0.305 e. The monoisotopic (exact) mass is 201 g/mol. The van der Waals surface area contributed by atoms with E-state index in [4.69, 9.17) is 0 Å². The number of carbonyl (C=O) groups is 3. The molecule has 0 rings (SSSR count). The van der Waals surface area contributed by atoms with Crippen LogP contribution in [-0.4, -0.2) is 31.8 Å². The minimum absolute atomic E-state index is 0.0245. The average Bonchev–Trinajstić information content (AvgIpc) is 2.22. The van der Waals surface area contributed by atoms with E-state index in [-0.39, 0.29) is 24.5 Å². The van der Waals surface area contributed by atoms with E-state index < -0.39 is 11.9 Å². The first-order chi connectivity index (χ1) is 6.52. The standard InChI is InChI=1S/C9H15NO4/c1-6(9(13)10-2)7(11)4-5-8(12)14-3/h6H,4-5H2,1-3H3,(H,10,13). The molecule has 0 aromatic carbocycles. The van der Waals surface area contributed by atoms with Crippen LogP contribution >= 0.6 is 0 Å². The molecule has 5 nitrogen and oxygen atoms in total. The van der Waals surface area contributed by atoms with Crippen molar-refractivity contribution in [1.82, 2.24) is 5.32 Å². The molecule has 0 saturated carbocycles. The minimum atomic E-state index is -0.704. The summed E-state index contributed by atoms with van der Waals surface area (Å²) in [4.78, 5) is 33.0. The molecule has 1 N–H and O–H groups in total. The van der Waals surface area contributed by atoms with E-state index in [9.17, 15) is 14.4 Å². The molecule has 0 aromatic heterocycles. The molecule has 0 aliphatic rings. The number of methoxy groups -OCH3 is 1. The second kappa shape index (κ2) is 6.12. The topological polar surface area (TPSA) is 72.5 Å². The predicted molar refractivity (Wildman–Crippen MR) is 49.5 cm³/mol. The average molecular weight is 201 g/mol. The van der Waals surface area contributed by atoms with Crippen LogP contribution in [0, 0.1) is 5.92 Å². The van der Waals surface area contributed by atoms with Crippen LogP contribution in [-0.2, 0) is 19.1 Å². The number of ketones is 1. The van der Waals surface area contributed by atoms with Crippen molar-refractivity contribution >= 4 is 17.7 Å². The SMILES string of the molecule is CNC(=O)C(C)C(=O)CCC(=O)OC. The quantitative estimate of drug-likeness (QED) is 0.497. The number of amides is 1. The Hall–Kier alpha value is -1.39. The first kappa shape index (κ1) is 12.6. The van der Waals surface area contributed by atoms with E-state index in [1.54, 1.807) is 0 Å². The summed E-state index contributed by atoms with van der Waals surface area (Å²) in [6, 6.07) is 0.